The van der Waals surface area contributed by atoms with Gasteiger partial charge in [-0.25, -0.2) is 0 Å². The summed E-state index contributed by atoms with van der Waals surface area (Å²) < 4.78 is 0. The number of allylic oxidation sites excluding steroid dienone is 1. The summed E-state index contributed by atoms with van der Waals surface area (Å²) in [5.74, 6) is 0.126. The molecule has 0 bridgehead atoms. The summed E-state index contributed by atoms with van der Waals surface area (Å²) in [7, 11) is 0. The van der Waals surface area contributed by atoms with E-state index in [1.807, 2.05) is 39.0 Å². The number of carbonyl (C=O) groups excluding carboxylic acids is 1. The Morgan fingerprint density at radius 1 is 1.37 bits per heavy atom. The van der Waals surface area contributed by atoms with Crippen molar-refractivity contribution in [3.63, 3.8) is 0 Å². The molecule has 0 aliphatic rings. The van der Waals surface area contributed by atoms with Crippen LogP contribution in [-0.2, 0) is 0 Å². The van der Waals surface area contributed by atoms with Crippen LogP contribution >= 0.6 is 15.9 Å². The van der Waals surface area contributed by atoms with Crippen molar-refractivity contribution in [3.8, 4) is 0 Å². The fraction of sp³-hybridized carbons (Fsp3) is 0.353. The smallest absolute Gasteiger partial charge is 0.174 e. The van der Waals surface area contributed by atoms with E-state index in [2.05, 4.69) is 35.5 Å². The maximum absolute atomic E-state index is 12.0. The van der Waals surface area contributed by atoms with E-state index in [0.717, 1.165) is 28.0 Å². The Morgan fingerprint density at radius 2 is 2.00 bits per heavy atom. The van der Waals surface area contributed by atoms with Gasteiger partial charge in [0, 0.05) is 5.56 Å². The zero-order valence-electron chi connectivity index (χ0n) is 12.3. The number of carbonyl (C=O) groups is 1. The van der Waals surface area contributed by atoms with E-state index in [4.69, 9.17) is 0 Å². The summed E-state index contributed by atoms with van der Waals surface area (Å²) in [6.45, 7) is 11.8. The molecule has 1 aromatic carbocycles. The minimum Gasteiger partial charge on any atom is -0.293 e. The van der Waals surface area contributed by atoms with Crippen LogP contribution in [0.5, 0.6) is 0 Å². The average Bonchev–Trinajstić information content (AvgIpc) is 2.44. The number of halogens is 1. The lowest BCUT2D eigenvalue weighted by atomic mass is 10.00. The molecule has 0 radical (unpaired) electrons. The molecule has 0 saturated heterocycles. The lowest BCUT2D eigenvalue weighted by Gasteiger charge is -2.05. The van der Waals surface area contributed by atoms with Crippen LogP contribution in [0.25, 0.3) is 12.2 Å². The molecular formula is C17H23BrO. The second-order valence-electron chi connectivity index (χ2n) is 3.83. The summed E-state index contributed by atoms with van der Waals surface area (Å²) in [5.41, 5.74) is 1.84. The fourth-order valence-corrected chi connectivity index (χ4v) is 2.16. The molecule has 1 rings (SSSR count). The molecule has 0 atom stereocenters. The van der Waals surface area contributed by atoms with Gasteiger partial charge in [-0.05, 0) is 29.3 Å². The molecule has 0 N–H and O–H groups in total. The van der Waals surface area contributed by atoms with Gasteiger partial charge in [-0.2, -0.15) is 0 Å². The largest absolute Gasteiger partial charge is 0.293 e. The quantitative estimate of drug-likeness (QED) is 0.609. The number of hydrogen-bond acceptors (Lipinski definition) is 1. The van der Waals surface area contributed by atoms with Crippen LogP contribution in [0, 0.1) is 6.92 Å². The van der Waals surface area contributed by atoms with E-state index in [0.29, 0.717) is 5.33 Å². The Hall–Kier alpha value is -1.15. The molecule has 0 spiro atoms. The molecule has 19 heavy (non-hydrogen) atoms. The van der Waals surface area contributed by atoms with Gasteiger partial charge in [0.2, 0.25) is 0 Å². The third kappa shape index (κ3) is 4.79. The second-order valence-corrected chi connectivity index (χ2v) is 4.39. The highest BCUT2D eigenvalue weighted by atomic mass is 79.9. The summed E-state index contributed by atoms with van der Waals surface area (Å²) in [5, 5.41) is 2.43. The second kappa shape index (κ2) is 9.74. The molecule has 104 valence electrons. The first-order valence-electron chi connectivity index (χ1n) is 6.67. The Balaban J connectivity index is 0.00000154. The van der Waals surface area contributed by atoms with Gasteiger partial charge in [0.25, 0.3) is 0 Å². The van der Waals surface area contributed by atoms with Crippen LogP contribution in [0.15, 0.2) is 24.8 Å². The van der Waals surface area contributed by atoms with Crippen LogP contribution in [0.2, 0.25) is 0 Å². The van der Waals surface area contributed by atoms with Crippen molar-refractivity contribution in [1.82, 2.24) is 0 Å². The summed E-state index contributed by atoms with van der Waals surface area (Å²) in [6, 6.07) is 4.02. The van der Waals surface area contributed by atoms with Crippen LogP contribution in [0.4, 0.5) is 0 Å². The Kier molecular flexibility index (Phi) is 9.15. The number of benzene rings is 1. The predicted octanol–water partition coefficient (Wildman–Crippen LogP) is 3.76. The molecule has 0 amide bonds. The molecule has 0 aliphatic heterocycles. The highest BCUT2D eigenvalue weighted by Gasteiger charge is 2.09. The molecule has 1 aromatic rings. The summed E-state index contributed by atoms with van der Waals surface area (Å²) in [6.07, 6.45) is 6.69. The van der Waals surface area contributed by atoms with Crippen LogP contribution < -0.4 is 10.4 Å². The molecule has 2 heteroatoms. The SMILES string of the molecule is C=C/C=c1/ccc(C)c(C(=O)CBr)/c1=C/CC.CC. The average molecular weight is 323 g/mol. The van der Waals surface area contributed by atoms with Gasteiger partial charge >= 0.3 is 0 Å². The first-order valence-corrected chi connectivity index (χ1v) is 7.79. The van der Waals surface area contributed by atoms with Gasteiger partial charge in [0.1, 0.15) is 0 Å². The van der Waals surface area contributed by atoms with E-state index in [1.165, 1.54) is 0 Å². The fourth-order valence-electron chi connectivity index (χ4n) is 1.88. The van der Waals surface area contributed by atoms with Gasteiger partial charge < -0.3 is 0 Å². The molecule has 0 unspecified atom stereocenters. The van der Waals surface area contributed by atoms with E-state index in [1.54, 1.807) is 6.08 Å². The molecule has 0 fully saturated rings. The molecule has 1 nitrogen and oxygen atoms in total. The number of hydrogen-bond donors (Lipinski definition) is 0. The number of alkyl halides is 1. The van der Waals surface area contributed by atoms with Gasteiger partial charge in [-0.3, -0.25) is 4.79 Å². The van der Waals surface area contributed by atoms with Gasteiger partial charge in [-0.15, -0.1) is 0 Å². The van der Waals surface area contributed by atoms with E-state index < -0.39 is 0 Å². The van der Waals surface area contributed by atoms with Crippen LogP contribution in [0.1, 0.15) is 43.1 Å². The Morgan fingerprint density at radius 3 is 2.47 bits per heavy atom. The summed E-state index contributed by atoms with van der Waals surface area (Å²) in [4.78, 5) is 12.0. The number of ketones is 1. The number of rotatable bonds is 4. The first-order chi connectivity index (χ1) is 9.15. The minimum atomic E-state index is 0.126. The maximum atomic E-state index is 12.0. The molecule has 0 aliphatic carbocycles. The van der Waals surface area contributed by atoms with Crippen molar-refractivity contribution in [2.24, 2.45) is 0 Å². The minimum absolute atomic E-state index is 0.126. The lowest BCUT2D eigenvalue weighted by Crippen LogP contribution is -2.32. The molecule has 0 aromatic heterocycles. The zero-order valence-corrected chi connectivity index (χ0v) is 13.9. The van der Waals surface area contributed by atoms with Gasteiger partial charge in [0.05, 0.1) is 5.33 Å². The van der Waals surface area contributed by atoms with Gasteiger partial charge in [-0.1, -0.05) is 73.6 Å². The van der Waals surface area contributed by atoms with Crippen molar-refractivity contribution in [3.05, 3.63) is 46.4 Å². The number of aryl methyl sites for hydroxylation is 1. The van der Waals surface area contributed by atoms with Crippen molar-refractivity contribution < 1.29 is 4.79 Å². The summed E-state index contributed by atoms with van der Waals surface area (Å²) >= 11 is 3.24. The maximum Gasteiger partial charge on any atom is 0.174 e. The predicted molar refractivity (Wildman–Crippen MR) is 89.3 cm³/mol. The molecular weight excluding hydrogens is 300 g/mol. The third-order valence-electron chi connectivity index (χ3n) is 2.59. The van der Waals surface area contributed by atoms with Crippen LogP contribution in [0.3, 0.4) is 0 Å². The third-order valence-corrected chi connectivity index (χ3v) is 3.10. The van der Waals surface area contributed by atoms with E-state index in [-0.39, 0.29) is 5.78 Å². The van der Waals surface area contributed by atoms with Crippen molar-refractivity contribution in [2.75, 3.05) is 5.33 Å². The van der Waals surface area contributed by atoms with E-state index in [9.17, 15) is 4.79 Å². The molecule has 0 saturated carbocycles. The monoisotopic (exact) mass is 322 g/mol. The highest BCUT2D eigenvalue weighted by molar-refractivity contribution is 9.09. The highest BCUT2D eigenvalue weighted by Crippen LogP contribution is 2.03. The van der Waals surface area contributed by atoms with Crippen molar-refractivity contribution in [2.45, 2.75) is 34.1 Å². The Bertz CT molecular complexity index is 541. The van der Waals surface area contributed by atoms with Crippen molar-refractivity contribution >= 4 is 33.9 Å². The van der Waals surface area contributed by atoms with Crippen LogP contribution in [-0.4, -0.2) is 11.1 Å². The normalized spacial score (nSPS) is 11.8. The zero-order chi connectivity index (χ0) is 14.8. The number of Topliss-reactive ketones (excluding diaryl/α,β-unsaturated/α-hetero) is 1. The van der Waals surface area contributed by atoms with Crippen molar-refractivity contribution in [1.29, 1.82) is 0 Å². The Labute approximate surface area is 124 Å². The van der Waals surface area contributed by atoms with E-state index >= 15 is 0 Å². The standard InChI is InChI=1S/C15H17BrO.C2H6/c1-4-6-12-9-8-11(3)15(14(17)10-16)13(12)7-5-2;1-2/h4,6-9H,1,5,10H2,2-3H3;1-2H3/b12-6-,13-7+;. The van der Waals surface area contributed by atoms with Gasteiger partial charge in [0.15, 0.2) is 5.78 Å². The topological polar surface area (TPSA) is 17.1 Å². The first kappa shape index (κ1) is 17.8. The lowest BCUT2D eigenvalue weighted by molar-refractivity contribution is 0.102. The molecule has 0 heterocycles.